The van der Waals surface area contributed by atoms with Gasteiger partial charge in [-0.05, 0) is 43.8 Å². The van der Waals surface area contributed by atoms with Crippen molar-refractivity contribution in [3.05, 3.63) is 0 Å². The van der Waals surface area contributed by atoms with Crippen LogP contribution in [0.25, 0.3) is 0 Å². The van der Waals surface area contributed by atoms with Gasteiger partial charge in [-0.25, -0.2) is 0 Å². The van der Waals surface area contributed by atoms with E-state index in [0.717, 1.165) is 23.5 Å². The monoisotopic (exact) mass is 200 g/mol. The van der Waals surface area contributed by atoms with E-state index in [9.17, 15) is 0 Å². The molecule has 2 unspecified atom stereocenters. The van der Waals surface area contributed by atoms with Crippen LogP contribution in [-0.2, 0) is 0 Å². The van der Waals surface area contributed by atoms with E-state index in [-0.39, 0.29) is 0 Å². The second kappa shape index (κ2) is 4.80. The van der Waals surface area contributed by atoms with Crippen LogP contribution >= 0.6 is 12.2 Å². The van der Waals surface area contributed by atoms with Crippen LogP contribution in [0.15, 0.2) is 0 Å². The molecular formula is C10H20N2S. The van der Waals surface area contributed by atoms with Crippen LogP contribution in [0.4, 0.5) is 0 Å². The van der Waals surface area contributed by atoms with Gasteiger partial charge in [-0.1, -0.05) is 13.8 Å². The maximum atomic E-state index is 5.17. The topological polar surface area (TPSA) is 24.1 Å². The minimum absolute atomic E-state index is 0.576. The molecule has 3 heteroatoms. The predicted octanol–water partition coefficient (Wildman–Crippen LogP) is 1.91. The summed E-state index contributed by atoms with van der Waals surface area (Å²) >= 11 is 5.17. The second-order valence-electron chi connectivity index (χ2n) is 4.06. The van der Waals surface area contributed by atoms with Crippen LogP contribution in [0.2, 0.25) is 0 Å². The summed E-state index contributed by atoms with van der Waals surface area (Å²) in [6, 6.07) is 0.576. The molecule has 0 bridgehead atoms. The summed E-state index contributed by atoms with van der Waals surface area (Å²) < 4.78 is 0. The van der Waals surface area contributed by atoms with Gasteiger partial charge in [-0.3, -0.25) is 0 Å². The Morgan fingerprint density at radius 1 is 1.31 bits per heavy atom. The van der Waals surface area contributed by atoms with Gasteiger partial charge >= 0.3 is 0 Å². The van der Waals surface area contributed by atoms with Crippen molar-refractivity contribution in [3.8, 4) is 0 Å². The van der Waals surface area contributed by atoms with Crippen molar-refractivity contribution in [1.82, 2.24) is 10.6 Å². The van der Waals surface area contributed by atoms with Crippen molar-refractivity contribution in [3.63, 3.8) is 0 Å². The SMILES string of the molecule is CCNC(=S)NC1C(C)CCC1C. The van der Waals surface area contributed by atoms with Gasteiger partial charge in [-0.15, -0.1) is 0 Å². The summed E-state index contributed by atoms with van der Waals surface area (Å²) in [6.45, 7) is 7.57. The third-order valence-electron chi connectivity index (χ3n) is 2.94. The third kappa shape index (κ3) is 2.83. The highest BCUT2D eigenvalue weighted by atomic mass is 32.1. The molecule has 1 saturated carbocycles. The van der Waals surface area contributed by atoms with Crippen LogP contribution in [0.5, 0.6) is 0 Å². The number of hydrogen-bond acceptors (Lipinski definition) is 1. The lowest BCUT2D eigenvalue weighted by Gasteiger charge is -2.23. The van der Waals surface area contributed by atoms with Crippen molar-refractivity contribution in [2.45, 2.75) is 39.7 Å². The average molecular weight is 200 g/mol. The van der Waals surface area contributed by atoms with Gasteiger partial charge < -0.3 is 10.6 Å². The third-order valence-corrected chi connectivity index (χ3v) is 3.20. The maximum Gasteiger partial charge on any atom is 0.166 e. The first-order valence-electron chi connectivity index (χ1n) is 5.19. The first kappa shape index (κ1) is 10.8. The Bertz CT molecular complexity index is 172. The Balaban J connectivity index is 2.38. The molecule has 0 aromatic heterocycles. The fourth-order valence-corrected chi connectivity index (χ4v) is 2.37. The summed E-state index contributed by atoms with van der Waals surface area (Å²) in [5.41, 5.74) is 0. The Morgan fingerprint density at radius 3 is 2.31 bits per heavy atom. The molecule has 1 aliphatic rings. The van der Waals surface area contributed by atoms with Gasteiger partial charge in [0.05, 0.1) is 0 Å². The number of rotatable bonds is 2. The predicted molar refractivity (Wildman–Crippen MR) is 60.8 cm³/mol. The van der Waals surface area contributed by atoms with Gasteiger partial charge in [-0.2, -0.15) is 0 Å². The Hall–Kier alpha value is -0.310. The number of nitrogens with one attached hydrogen (secondary N) is 2. The molecule has 0 radical (unpaired) electrons. The molecule has 2 N–H and O–H groups in total. The molecule has 0 amide bonds. The molecule has 0 saturated heterocycles. The van der Waals surface area contributed by atoms with E-state index in [2.05, 4.69) is 31.4 Å². The summed E-state index contributed by atoms with van der Waals surface area (Å²) in [6.07, 6.45) is 2.65. The zero-order valence-corrected chi connectivity index (χ0v) is 9.58. The minimum atomic E-state index is 0.576. The van der Waals surface area contributed by atoms with E-state index in [1.807, 2.05) is 0 Å². The van der Waals surface area contributed by atoms with Crippen molar-refractivity contribution in [2.75, 3.05) is 6.54 Å². The molecule has 1 fully saturated rings. The fourth-order valence-electron chi connectivity index (χ4n) is 2.09. The summed E-state index contributed by atoms with van der Waals surface area (Å²) in [4.78, 5) is 0. The highest BCUT2D eigenvalue weighted by molar-refractivity contribution is 7.80. The maximum absolute atomic E-state index is 5.17. The molecule has 2 nitrogen and oxygen atoms in total. The Labute approximate surface area is 86.5 Å². The molecule has 13 heavy (non-hydrogen) atoms. The quantitative estimate of drug-likeness (QED) is 0.666. The smallest absolute Gasteiger partial charge is 0.166 e. The zero-order valence-electron chi connectivity index (χ0n) is 8.76. The van der Waals surface area contributed by atoms with Crippen molar-refractivity contribution >= 4 is 17.3 Å². The van der Waals surface area contributed by atoms with Crippen molar-refractivity contribution < 1.29 is 0 Å². The first-order valence-corrected chi connectivity index (χ1v) is 5.60. The van der Waals surface area contributed by atoms with Crippen LogP contribution in [0.3, 0.4) is 0 Å². The average Bonchev–Trinajstić information content (AvgIpc) is 2.36. The van der Waals surface area contributed by atoms with Gasteiger partial charge in [0.15, 0.2) is 5.11 Å². The largest absolute Gasteiger partial charge is 0.363 e. The zero-order chi connectivity index (χ0) is 9.84. The molecule has 0 aliphatic heterocycles. The lowest BCUT2D eigenvalue weighted by atomic mass is 10.0. The van der Waals surface area contributed by atoms with E-state index in [4.69, 9.17) is 12.2 Å². The molecule has 0 aromatic rings. The van der Waals surface area contributed by atoms with Gasteiger partial charge in [0.1, 0.15) is 0 Å². The molecule has 1 rings (SSSR count). The molecule has 0 spiro atoms. The molecule has 0 aromatic carbocycles. The van der Waals surface area contributed by atoms with Gasteiger partial charge in [0, 0.05) is 12.6 Å². The fraction of sp³-hybridized carbons (Fsp3) is 0.900. The number of hydrogen-bond donors (Lipinski definition) is 2. The molecule has 1 aliphatic carbocycles. The molecule has 76 valence electrons. The van der Waals surface area contributed by atoms with Gasteiger partial charge in [0.2, 0.25) is 0 Å². The van der Waals surface area contributed by atoms with E-state index < -0.39 is 0 Å². The van der Waals surface area contributed by atoms with Crippen LogP contribution in [0.1, 0.15) is 33.6 Å². The summed E-state index contributed by atoms with van der Waals surface area (Å²) in [7, 11) is 0. The lowest BCUT2D eigenvalue weighted by Crippen LogP contribution is -2.45. The van der Waals surface area contributed by atoms with Crippen LogP contribution < -0.4 is 10.6 Å². The summed E-state index contributed by atoms with van der Waals surface area (Å²) in [5, 5.41) is 7.35. The lowest BCUT2D eigenvalue weighted by molar-refractivity contribution is 0.416. The van der Waals surface area contributed by atoms with E-state index >= 15 is 0 Å². The van der Waals surface area contributed by atoms with E-state index in [0.29, 0.717) is 6.04 Å². The molecule has 0 heterocycles. The minimum Gasteiger partial charge on any atom is -0.363 e. The van der Waals surface area contributed by atoms with E-state index in [1.165, 1.54) is 12.8 Å². The first-order chi connectivity index (χ1) is 6.15. The standard InChI is InChI=1S/C10H20N2S/c1-4-11-10(13)12-9-7(2)5-6-8(9)3/h7-9H,4-6H2,1-3H3,(H2,11,12,13). The van der Waals surface area contributed by atoms with Crippen LogP contribution in [-0.4, -0.2) is 17.7 Å². The summed E-state index contributed by atoms with van der Waals surface area (Å²) in [5.74, 6) is 1.51. The molecular weight excluding hydrogens is 180 g/mol. The highest BCUT2D eigenvalue weighted by Crippen LogP contribution is 2.30. The highest BCUT2D eigenvalue weighted by Gasteiger charge is 2.30. The van der Waals surface area contributed by atoms with Gasteiger partial charge in [0.25, 0.3) is 0 Å². The normalized spacial score (nSPS) is 33.0. The van der Waals surface area contributed by atoms with E-state index in [1.54, 1.807) is 0 Å². The Kier molecular flexibility index (Phi) is 3.97. The second-order valence-corrected chi connectivity index (χ2v) is 4.47. The van der Waals surface area contributed by atoms with Crippen molar-refractivity contribution in [1.29, 1.82) is 0 Å². The Morgan fingerprint density at radius 2 is 1.85 bits per heavy atom. The van der Waals surface area contributed by atoms with Crippen molar-refractivity contribution in [2.24, 2.45) is 11.8 Å². The number of thiocarbonyl (C=S) groups is 1. The molecule has 2 atom stereocenters. The van der Waals surface area contributed by atoms with Crippen LogP contribution in [0, 0.1) is 11.8 Å².